The number of aryl methyl sites for hydroxylation is 1. The molecule has 5 unspecified atom stereocenters. The summed E-state index contributed by atoms with van der Waals surface area (Å²) in [6.45, 7) is 4.92. The highest BCUT2D eigenvalue weighted by atomic mass is 32.2. The zero-order chi connectivity index (χ0) is 59.1. The first-order valence-corrected chi connectivity index (χ1v) is 33.9. The first-order valence-electron chi connectivity index (χ1n) is 33.0. The quantitative estimate of drug-likeness (QED) is 0.0995. The molecule has 0 saturated heterocycles. The lowest BCUT2D eigenvalue weighted by Gasteiger charge is -2.39. The molecular weight excluding hydrogens is 1090 g/mol. The van der Waals surface area contributed by atoms with Crippen LogP contribution in [0, 0.1) is 23.7 Å². The summed E-state index contributed by atoms with van der Waals surface area (Å²) in [6.07, 6.45) is 43.8. The molecule has 0 spiro atoms. The first-order chi connectivity index (χ1) is 43.9. The molecule has 17 rings (SSSR count). The molecule has 1 aliphatic heterocycles. The lowest BCUT2D eigenvalue weighted by molar-refractivity contribution is 0.447. The number of fused-ring (bicyclic) bond motifs is 13. The van der Waals surface area contributed by atoms with E-state index in [4.69, 9.17) is 0 Å². The monoisotopic (exact) mass is 1170 g/mol. The van der Waals surface area contributed by atoms with Crippen LogP contribution in [0.15, 0.2) is 288 Å². The molecule has 7 aliphatic carbocycles. The van der Waals surface area contributed by atoms with Crippen molar-refractivity contribution < 1.29 is 0 Å². The van der Waals surface area contributed by atoms with Crippen LogP contribution >= 0.6 is 11.8 Å². The molecule has 9 aromatic rings. The second kappa shape index (κ2) is 22.6. The summed E-state index contributed by atoms with van der Waals surface area (Å²) in [5, 5.41) is 10.7. The van der Waals surface area contributed by atoms with Gasteiger partial charge in [0.05, 0.1) is 0 Å². The largest absolute Gasteiger partial charge is 0.318 e. The van der Waals surface area contributed by atoms with Crippen LogP contribution < -0.4 is 9.80 Å². The van der Waals surface area contributed by atoms with Crippen LogP contribution in [-0.4, -0.2) is 5.25 Å². The number of anilines is 3. The van der Waals surface area contributed by atoms with Gasteiger partial charge in [0.1, 0.15) is 0 Å². The maximum absolute atomic E-state index is 2.72. The van der Waals surface area contributed by atoms with Gasteiger partial charge in [0, 0.05) is 68.1 Å². The Morgan fingerprint density at radius 3 is 2.09 bits per heavy atom. The second-order valence-electron chi connectivity index (χ2n) is 26.5. The van der Waals surface area contributed by atoms with E-state index in [0.29, 0.717) is 23.7 Å². The van der Waals surface area contributed by atoms with E-state index >= 15 is 0 Å². The Hall–Kier alpha value is -8.89. The Morgan fingerprint density at radius 1 is 0.494 bits per heavy atom. The Bertz CT molecular complexity index is 4790. The smallest absolute Gasteiger partial charge is 0.0468 e. The topological polar surface area (TPSA) is 6.48 Å². The third-order valence-electron chi connectivity index (χ3n) is 20.9. The molecule has 1 heterocycles. The molecule has 2 nitrogen and oxygen atoms in total. The average Bonchev–Trinajstić information content (AvgIpc) is 1.70. The van der Waals surface area contributed by atoms with Crippen molar-refractivity contribution in [3.8, 4) is 11.1 Å². The highest BCUT2D eigenvalue weighted by molar-refractivity contribution is 8.01. The molecule has 0 fully saturated rings. The molecule has 0 aromatic heterocycles. The average molecular weight is 1170 g/mol. The van der Waals surface area contributed by atoms with Crippen molar-refractivity contribution in [1.29, 1.82) is 0 Å². The molecule has 0 N–H and O–H groups in total. The molecule has 0 saturated carbocycles. The van der Waals surface area contributed by atoms with Gasteiger partial charge in [0.15, 0.2) is 0 Å². The fourth-order valence-corrected chi connectivity index (χ4v) is 17.9. The van der Waals surface area contributed by atoms with E-state index in [1.165, 1.54) is 139 Å². The lowest BCUT2D eigenvalue weighted by Crippen LogP contribution is -2.30. The molecule has 8 aliphatic rings. The van der Waals surface area contributed by atoms with Crippen LogP contribution in [0.2, 0.25) is 0 Å². The predicted molar refractivity (Wildman–Crippen MR) is 381 cm³/mol. The van der Waals surface area contributed by atoms with E-state index in [1.54, 1.807) is 16.7 Å². The van der Waals surface area contributed by atoms with Crippen molar-refractivity contribution >= 4 is 88.6 Å². The van der Waals surface area contributed by atoms with Crippen LogP contribution in [0.5, 0.6) is 0 Å². The molecule has 3 heteroatoms. The minimum Gasteiger partial charge on any atom is -0.318 e. The third kappa shape index (κ3) is 9.80. The number of benzene rings is 9. The third-order valence-corrected chi connectivity index (χ3v) is 22.2. The maximum atomic E-state index is 2.72. The SMILES string of the molecule is CC1CC=CC(C2=CC(N(c3ccc4ccc5ccccc5c4c3)c3ccc4c5c(c6ccccc6c4c3)C3=CC=C(N(C4=CC6=C(CCc7ccccc76)CC4C)c4cc(C6=CC=CCC6)cc(-c6ccccc6)c4)CC3S5)=CC(C3=CC=CCC3)C2)C1. The minimum absolute atomic E-state index is 0.242. The van der Waals surface area contributed by atoms with Crippen LogP contribution in [-0.2, 0) is 6.42 Å². The van der Waals surface area contributed by atoms with Crippen LogP contribution in [0.3, 0.4) is 0 Å². The molecule has 434 valence electrons. The predicted octanol–water partition coefficient (Wildman–Crippen LogP) is 23.5. The van der Waals surface area contributed by atoms with E-state index in [1.807, 2.05) is 0 Å². The molecule has 0 bridgehead atoms. The molecular formula is C86H74N2S. The second-order valence-corrected chi connectivity index (χ2v) is 27.7. The summed E-state index contributed by atoms with van der Waals surface area (Å²) in [5.74, 6) is 1.76. The van der Waals surface area contributed by atoms with E-state index in [2.05, 4.69) is 284 Å². The summed E-state index contributed by atoms with van der Waals surface area (Å²) < 4.78 is 0. The van der Waals surface area contributed by atoms with Crippen molar-refractivity contribution in [1.82, 2.24) is 0 Å². The van der Waals surface area contributed by atoms with Crippen molar-refractivity contribution in [2.24, 2.45) is 23.7 Å². The highest BCUT2D eigenvalue weighted by Crippen LogP contribution is 2.57. The number of hydrogen-bond donors (Lipinski definition) is 0. The van der Waals surface area contributed by atoms with Gasteiger partial charge < -0.3 is 9.80 Å². The maximum Gasteiger partial charge on any atom is 0.0468 e. The standard InChI is InChI=1S/C86H74N2S/c1-55-19-18-28-63(43-55)68-46-67(59-24-10-5-11-25-59)47-72(50-68)87(69-38-37-62-34-33-60-26-12-14-29-74(60)80(62)51-69)70-39-41-78-82(52-70)76-31-16-17-32-77(76)85-79-42-40-71(53-84(79)89-86(78)85)88(83-54-81-64(44-56(83)2)36-35-61-27-13-15-30-75(61)81)73-48-65(57-20-6-3-7-21-57)45-66(49-73)58-22-8-4-9-23-58/h3-8,10,12-18,20-22,24,26-34,37-42,45,47-52,54-56,63,67,84H,9,11,19,23,25,35-36,43-44,46,53H2,1-2H3. The zero-order valence-electron chi connectivity index (χ0n) is 51.1. The van der Waals surface area contributed by atoms with Gasteiger partial charge in [-0.3, -0.25) is 0 Å². The zero-order valence-corrected chi connectivity index (χ0v) is 52.0. The summed E-state index contributed by atoms with van der Waals surface area (Å²) >= 11 is 2.10. The van der Waals surface area contributed by atoms with Gasteiger partial charge in [0.2, 0.25) is 0 Å². The van der Waals surface area contributed by atoms with Crippen molar-refractivity contribution in [2.45, 2.75) is 94.6 Å². The van der Waals surface area contributed by atoms with Crippen LogP contribution in [0.1, 0.15) is 100 Å². The number of nitrogens with zero attached hydrogens (tertiary/aromatic N) is 2. The molecule has 89 heavy (non-hydrogen) atoms. The number of allylic oxidation sites excluding steroid dienone is 20. The highest BCUT2D eigenvalue weighted by Gasteiger charge is 2.38. The summed E-state index contributed by atoms with van der Waals surface area (Å²) in [5.41, 5.74) is 24.8. The Morgan fingerprint density at radius 2 is 1.25 bits per heavy atom. The van der Waals surface area contributed by atoms with Gasteiger partial charge in [-0.25, -0.2) is 0 Å². The van der Waals surface area contributed by atoms with Gasteiger partial charge in [0.25, 0.3) is 0 Å². The van der Waals surface area contributed by atoms with Gasteiger partial charge in [-0.1, -0.05) is 219 Å². The molecule has 0 radical (unpaired) electrons. The van der Waals surface area contributed by atoms with E-state index in [0.717, 1.165) is 64.2 Å². The lowest BCUT2D eigenvalue weighted by atomic mass is 9.75. The fourth-order valence-electron chi connectivity index (χ4n) is 16.4. The molecule has 0 amide bonds. The van der Waals surface area contributed by atoms with E-state index in [-0.39, 0.29) is 5.25 Å². The van der Waals surface area contributed by atoms with Gasteiger partial charge in [-0.05, 0) is 224 Å². The number of rotatable bonds is 10. The van der Waals surface area contributed by atoms with Crippen molar-refractivity contribution in [3.63, 3.8) is 0 Å². The Labute approximate surface area is 529 Å². The summed E-state index contributed by atoms with van der Waals surface area (Å²) in [6, 6.07) is 65.2. The van der Waals surface area contributed by atoms with Gasteiger partial charge >= 0.3 is 0 Å². The van der Waals surface area contributed by atoms with Crippen LogP contribution in [0.4, 0.5) is 17.1 Å². The molecule has 9 aromatic carbocycles. The van der Waals surface area contributed by atoms with Gasteiger partial charge in [-0.15, -0.1) is 11.8 Å². The Kier molecular flexibility index (Phi) is 13.8. The fraction of sp³-hybridized carbons (Fsp3) is 0.209. The van der Waals surface area contributed by atoms with E-state index < -0.39 is 0 Å². The Balaban J connectivity index is 0.818. The van der Waals surface area contributed by atoms with Crippen LogP contribution in [0.25, 0.3) is 70.9 Å². The number of hydrogen-bond acceptors (Lipinski definition) is 3. The number of thioether (sulfide) groups is 1. The van der Waals surface area contributed by atoms with Crippen molar-refractivity contribution in [3.05, 3.63) is 305 Å². The van der Waals surface area contributed by atoms with E-state index in [9.17, 15) is 0 Å². The summed E-state index contributed by atoms with van der Waals surface area (Å²) in [7, 11) is 0. The first kappa shape index (κ1) is 54.3. The van der Waals surface area contributed by atoms with Crippen molar-refractivity contribution in [2.75, 3.05) is 9.80 Å². The van der Waals surface area contributed by atoms with Gasteiger partial charge in [-0.2, -0.15) is 0 Å². The molecule has 5 atom stereocenters. The normalized spacial score (nSPS) is 21.9. The minimum atomic E-state index is 0.242. The summed E-state index contributed by atoms with van der Waals surface area (Å²) in [4.78, 5) is 6.75.